The highest BCUT2D eigenvalue weighted by atomic mass is 32.2. The zero-order chi connectivity index (χ0) is 14.8. The van der Waals surface area contributed by atoms with Crippen LogP contribution in [-0.4, -0.2) is 39.0 Å². The lowest BCUT2D eigenvalue weighted by Crippen LogP contribution is -2.41. The molecule has 0 unspecified atom stereocenters. The van der Waals surface area contributed by atoms with Gasteiger partial charge in [-0.05, 0) is 25.0 Å². The quantitative estimate of drug-likeness (QED) is 0.891. The van der Waals surface area contributed by atoms with Crippen LogP contribution in [0, 0.1) is 5.92 Å². The normalized spacial score (nSPS) is 19.6. The summed E-state index contributed by atoms with van der Waals surface area (Å²) in [6, 6.07) is 7.81. The van der Waals surface area contributed by atoms with Gasteiger partial charge in [-0.3, -0.25) is 4.79 Å². The molecule has 0 fully saturated rings. The Hall–Kier alpha value is -1.56. The minimum absolute atomic E-state index is 0.167. The van der Waals surface area contributed by atoms with Crippen molar-refractivity contribution in [3.8, 4) is 5.75 Å². The van der Waals surface area contributed by atoms with E-state index in [0.29, 0.717) is 13.2 Å². The first kappa shape index (κ1) is 14.8. The molecule has 5 nitrogen and oxygen atoms in total. The standard InChI is InChI=1S/C14H19NO4S/c1-10(20(2,17)18)14(16)15-8-11-7-12-5-3-4-6-13(12)19-9-11/h3-6,10-11H,7-9H2,1-2H3,(H,15,16)/t10-,11+/m1/s1. The van der Waals surface area contributed by atoms with Crippen LogP contribution in [0.1, 0.15) is 12.5 Å². The van der Waals surface area contributed by atoms with E-state index >= 15 is 0 Å². The zero-order valence-corrected chi connectivity index (χ0v) is 12.4. The van der Waals surface area contributed by atoms with Crippen LogP contribution in [0.15, 0.2) is 24.3 Å². The van der Waals surface area contributed by atoms with Gasteiger partial charge >= 0.3 is 0 Å². The Balaban J connectivity index is 1.89. The van der Waals surface area contributed by atoms with E-state index in [2.05, 4.69) is 5.32 Å². The number of benzene rings is 1. The molecule has 0 bridgehead atoms. The van der Waals surface area contributed by atoms with E-state index in [1.807, 2.05) is 24.3 Å². The second-order valence-corrected chi connectivity index (χ2v) is 7.57. The van der Waals surface area contributed by atoms with Crippen LogP contribution >= 0.6 is 0 Å². The van der Waals surface area contributed by atoms with E-state index in [1.165, 1.54) is 6.92 Å². The molecule has 1 aliphatic heterocycles. The summed E-state index contributed by atoms with van der Waals surface area (Å²) < 4.78 is 28.2. The molecule has 1 amide bonds. The summed E-state index contributed by atoms with van der Waals surface area (Å²) >= 11 is 0. The fourth-order valence-corrected chi connectivity index (χ4v) is 2.58. The smallest absolute Gasteiger partial charge is 0.238 e. The van der Waals surface area contributed by atoms with Gasteiger partial charge in [0, 0.05) is 18.7 Å². The number of ether oxygens (including phenoxy) is 1. The van der Waals surface area contributed by atoms with E-state index in [9.17, 15) is 13.2 Å². The number of amides is 1. The van der Waals surface area contributed by atoms with Crippen molar-refractivity contribution in [2.75, 3.05) is 19.4 Å². The molecule has 2 rings (SSSR count). The van der Waals surface area contributed by atoms with Crippen LogP contribution < -0.4 is 10.1 Å². The number of nitrogens with one attached hydrogen (secondary N) is 1. The third-order valence-corrected chi connectivity index (χ3v) is 5.03. The lowest BCUT2D eigenvalue weighted by atomic mass is 9.97. The number of rotatable bonds is 4. The highest BCUT2D eigenvalue weighted by Gasteiger charge is 2.25. The Kier molecular flexibility index (Phi) is 4.32. The van der Waals surface area contributed by atoms with Crippen molar-refractivity contribution in [3.63, 3.8) is 0 Å². The van der Waals surface area contributed by atoms with Gasteiger partial charge in [0.05, 0.1) is 6.61 Å². The number of carbonyl (C=O) groups is 1. The summed E-state index contributed by atoms with van der Waals surface area (Å²) in [4.78, 5) is 11.7. The number of fused-ring (bicyclic) bond motifs is 1. The van der Waals surface area contributed by atoms with Crippen LogP contribution in [0.2, 0.25) is 0 Å². The summed E-state index contributed by atoms with van der Waals surface area (Å²) in [5.41, 5.74) is 1.12. The van der Waals surface area contributed by atoms with E-state index in [4.69, 9.17) is 4.74 Å². The molecule has 1 aromatic rings. The molecule has 1 N–H and O–H groups in total. The van der Waals surface area contributed by atoms with Crippen LogP contribution in [0.4, 0.5) is 0 Å². The molecule has 0 radical (unpaired) electrons. The van der Waals surface area contributed by atoms with Crippen molar-refractivity contribution < 1.29 is 17.9 Å². The number of hydrogen-bond acceptors (Lipinski definition) is 4. The number of para-hydroxylation sites is 1. The minimum atomic E-state index is -3.35. The maximum Gasteiger partial charge on any atom is 0.238 e. The molecule has 0 saturated carbocycles. The van der Waals surface area contributed by atoms with Crippen LogP contribution in [0.3, 0.4) is 0 Å². The molecule has 0 spiro atoms. The molecule has 1 heterocycles. The Labute approximate surface area is 119 Å². The van der Waals surface area contributed by atoms with Gasteiger partial charge in [0.1, 0.15) is 11.0 Å². The van der Waals surface area contributed by atoms with Gasteiger partial charge in [-0.1, -0.05) is 18.2 Å². The number of carbonyl (C=O) groups excluding carboxylic acids is 1. The fourth-order valence-electron chi connectivity index (χ4n) is 2.11. The average Bonchev–Trinajstić information content (AvgIpc) is 2.42. The van der Waals surface area contributed by atoms with Crippen molar-refractivity contribution in [2.24, 2.45) is 5.92 Å². The lowest BCUT2D eigenvalue weighted by molar-refractivity contribution is -0.120. The molecule has 1 aliphatic rings. The Morgan fingerprint density at radius 3 is 2.85 bits per heavy atom. The van der Waals surface area contributed by atoms with E-state index < -0.39 is 21.0 Å². The molecule has 0 aliphatic carbocycles. The zero-order valence-electron chi connectivity index (χ0n) is 11.6. The summed E-state index contributed by atoms with van der Waals surface area (Å²) in [6.07, 6.45) is 1.89. The molecule has 0 saturated heterocycles. The van der Waals surface area contributed by atoms with Gasteiger partial charge < -0.3 is 10.1 Å². The topological polar surface area (TPSA) is 72.5 Å². The SMILES string of the molecule is C[C@H](C(=O)NC[C@H]1COc2ccccc2C1)S(C)(=O)=O. The summed E-state index contributed by atoms with van der Waals surface area (Å²) in [7, 11) is -3.35. The summed E-state index contributed by atoms with van der Waals surface area (Å²) in [6.45, 7) is 2.36. The molecule has 110 valence electrons. The monoisotopic (exact) mass is 297 g/mol. The lowest BCUT2D eigenvalue weighted by Gasteiger charge is -2.25. The highest BCUT2D eigenvalue weighted by molar-refractivity contribution is 7.92. The van der Waals surface area contributed by atoms with Crippen molar-refractivity contribution in [3.05, 3.63) is 29.8 Å². The highest BCUT2D eigenvalue weighted by Crippen LogP contribution is 2.26. The third-order valence-electron chi connectivity index (χ3n) is 3.53. The molecule has 0 aromatic heterocycles. The van der Waals surface area contributed by atoms with E-state index in [1.54, 1.807) is 0 Å². The van der Waals surface area contributed by atoms with E-state index in [-0.39, 0.29) is 5.92 Å². The second-order valence-electron chi connectivity index (χ2n) is 5.21. The van der Waals surface area contributed by atoms with Crippen molar-refractivity contribution >= 4 is 15.7 Å². The van der Waals surface area contributed by atoms with Gasteiger partial charge in [-0.2, -0.15) is 0 Å². The second kappa shape index (κ2) is 5.83. The summed E-state index contributed by atoms with van der Waals surface area (Å²) in [5.74, 6) is 0.603. The molecular weight excluding hydrogens is 278 g/mol. The van der Waals surface area contributed by atoms with Crippen LogP contribution in [0.25, 0.3) is 0 Å². The van der Waals surface area contributed by atoms with Gasteiger partial charge in [0.15, 0.2) is 9.84 Å². The Morgan fingerprint density at radius 1 is 1.45 bits per heavy atom. The predicted molar refractivity (Wildman–Crippen MR) is 76.4 cm³/mol. The van der Waals surface area contributed by atoms with Crippen LogP contribution in [0.5, 0.6) is 5.75 Å². The van der Waals surface area contributed by atoms with Crippen molar-refractivity contribution in [1.82, 2.24) is 5.32 Å². The molecular formula is C14H19NO4S. The van der Waals surface area contributed by atoms with Crippen molar-refractivity contribution in [2.45, 2.75) is 18.6 Å². The molecule has 6 heteroatoms. The maximum absolute atomic E-state index is 11.7. The largest absolute Gasteiger partial charge is 0.493 e. The maximum atomic E-state index is 11.7. The van der Waals surface area contributed by atoms with Gasteiger partial charge in [-0.15, -0.1) is 0 Å². The van der Waals surface area contributed by atoms with E-state index in [0.717, 1.165) is 24.0 Å². The average molecular weight is 297 g/mol. The first-order chi connectivity index (χ1) is 9.38. The Bertz CT molecular complexity index is 597. The minimum Gasteiger partial charge on any atom is -0.493 e. The Morgan fingerprint density at radius 2 is 2.15 bits per heavy atom. The van der Waals surface area contributed by atoms with Crippen LogP contribution in [-0.2, 0) is 21.1 Å². The van der Waals surface area contributed by atoms with Gasteiger partial charge in [-0.25, -0.2) is 8.42 Å². The number of sulfone groups is 1. The third kappa shape index (κ3) is 3.50. The molecule has 2 atom stereocenters. The van der Waals surface area contributed by atoms with Crippen molar-refractivity contribution in [1.29, 1.82) is 0 Å². The first-order valence-electron chi connectivity index (χ1n) is 6.55. The number of hydrogen-bond donors (Lipinski definition) is 1. The molecule has 1 aromatic carbocycles. The first-order valence-corrected chi connectivity index (χ1v) is 8.50. The fraction of sp³-hybridized carbons (Fsp3) is 0.500. The predicted octanol–water partition coefficient (Wildman–Crippen LogP) is 0.787. The summed E-state index contributed by atoms with van der Waals surface area (Å²) in [5, 5.41) is 1.68. The molecule has 20 heavy (non-hydrogen) atoms. The van der Waals surface area contributed by atoms with Gasteiger partial charge in [0.25, 0.3) is 0 Å². The van der Waals surface area contributed by atoms with Gasteiger partial charge in [0.2, 0.25) is 5.91 Å².